The molecule has 208 valence electrons. The first-order valence-electron chi connectivity index (χ1n) is 11.3. The summed E-state index contributed by atoms with van der Waals surface area (Å²) in [7, 11) is 0. The third kappa shape index (κ3) is 6.73. The standard InChI is InChI=1S/C22H22F2N6O2.C2HF3O2/c1-12-5-15(7-14-3-4-18(31)28-20(12)14)19-13(2)6-17(9-26-19)29-11-27-30(22(29)32)10-16(8-25)21(23)24;3-2(4,5)1(6)7/h5-7,9,11H,3-4,8,10,25H2,1-2H3,(H,28,31);(H,6,7). The quantitative estimate of drug-likeness (QED) is 0.410. The normalized spacial score (nSPS) is 12.7. The zero-order valence-corrected chi connectivity index (χ0v) is 20.6. The lowest BCUT2D eigenvalue weighted by Crippen LogP contribution is -2.26. The molecule has 3 heterocycles. The minimum Gasteiger partial charge on any atom is -0.475 e. The summed E-state index contributed by atoms with van der Waals surface area (Å²) in [6.07, 6.45) is -3.06. The van der Waals surface area contributed by atoms with Crippen LogP contribution in [0.1, 0.15) is 23.1 Å². The Kier molecular flexibility index (Phi) is 8.64. The molecule has 1 aliphatic rings. The van der Waals surface area contributed by atoms with Gasteiger partial charge < -0.3 is 16.2 Å². The number of anilines is 1. The van der Waals surface area contributed by atoms with E-state index in [9.17, 15) is 31.5 Å². The summed E-state index contributed by atoms with van der Waals surface area (Å²) in [6, 6.07) is 5.78. The molecular weight excluding hydrogens is 531 g/mol. The lowest BCUT2D eigenvalue weighted by molar-refractivity contribution is -0.192. The molecule has 0 unspecified atom stereocenters. The molecule has 3 aromatic rings. The fraction of sp³-hybridized carbons (Fsp3) is 0.292. The van der Waals surface area contributed by atoms with Crippen LogP contribution < -0.4 is 16.7 Å². The molecule has 0 spiro atoms. The number of carboxylic acids is 1. The third-order valence-electron chi connectivity index (χ3n) is 5.75. The molecule has 0 aliphatic carbocycles. The van der Waals surface area contributed by atoms with E-state index >= 15 is 0 Å². The van der Waals surface area contributed by atoms with E-state index in [2.05, 4.69) is 15.4 Å². The smallest absolute Gasteiger partial charge is 0.475 e. The van der Waals surface area contributed by atoms with Gasteiger partial charge in [-0.2, -0.15) is 27.1 Å². The molecule has 0 saturated carbocycles. The molecule has 0 bridgehead atoms. The van der Waals surface area contributed by atoms with E-state index in [0.29, 0.717) is 18.5 Å². The summed E-state index contributed by atoms with van der Waals surface area (Å²) >= 11 is 0. The number of aliphatic carboxylic acids is 1. The van der Waals surface area contributed by atoms with Gasteiger partial charge in [0, 0.05) is 29.8 Å². The summed E-state index contributed by atoms with van der Waals surface area (Å²) in [5.74, 6) is -2.74. The second-order valence-electron chi connectivity index (χ2n) is 8.55. The largest absolute Gasteiger partial charge is 0.490 e. The molecule has 0 saturated heterocycles. The Bertz CT molecular complexity index is 1510. The van der Waals surface area contributed by atoms with Gasteiger partial charge in [0.1, 0.15) is 6.33 Å². The number of aromatic nitrogens is 4. The second-order valence-corrected chi connectivity index (χ2v) is 8.55. The molecule has 0 radical (unpaired) electrons. The van der Waals surface area contributed by atoms with Crippen molar-refractivity contribution in [3.8, 4) is 16.9 Å². The van der Waals surface area contributed by atoms with Gasteiger partial charge >= 0.3 is 17.8 Å². The van der Waals surface area contributed by atoms with Gasteiger partial charge in [-0.1, -0.05) is 0 Å². The van der Waals surface area contributed by atoms with Crippen molar-refractivity contribution in [1.29, 1.82) is 0 Å². The summed E-state index contributed by atoms with van der Waals surface area (Å²) in [4.78, 5) is 37.8. The molecule has 1 amide bonds. The first-order valence-corrected chi connectivity index (χ1v) is 11.3. The fourth-order valence-electron chi connectivity index (χ4n) is 3.82. The van der Waals surface area contributed by atoms with Gasteiger partial charge in [0.25, 0.3) is 6.08 Å². The van der Waals surface area contributed by atoms with E-state index in [-0.39, 0.29) is 24.6 Å². The Balaban J connectivity index is 0.000000532. The maximum Gasteiger partial charge on any atom is 0.490 e. The minimum absolute atomic E-state index is 0.0151. The first-order chi connectivity index (χ1) is 18.2. The van der Waals surface area contributed by atoms with Gasteiger partial charge in [-0.15, -0.1) is 0 Å². The first kappa shape index (κ1) is 29.2. The van der Waals surface area contributed by atoms with Crippen LogP contribution in [0.2, 0.25) is 0 Å². The Labute approximate surface area is 217 Å². The van der Waals surface area contributed by atoms with Gasteiger partial charge in [-0.3, -0.25) is 9.78 Å². The number of nitrogens with two attached hydrogens (primary N) is 1. The van der Waals surface area contributed by atoms with Crippen molar-refractivity contribution in [1.82, 2.24) is 19.3 Å². The number of nitrogens with zero attached hydrogens (tertiary/aromatic N) is 4. The summed E-state index contributed by atoms with van der Waals surface area (Å²) in [6.45, 7) is 3.09. The number of hydrogen-bond acceptors (Lipinski definition) is 6. The summed E-state index contributed by atoms with van der Waals surface area (Å²) in [5, 5.41) is 14.0. The molecule has 39 heavy (non-hydrogen) atoms. The lowest BCUT2D eigenvalue weighted by atomic mass is 9.94. The highest BCUT2D eigenvalue weighted by atomic mass is 19.4. The molecule has 0 atom stereocenters. The number of aryl methyl sites for hydroxylation is 3. The molecule has 0 fully saturated rings. The van der Waals surface area contributed by atoms with Crippen LogP contribution in [0.15, 0.2) is 47.2 Å². The number of hydrogen-bond donors (Lipinski definition) is 3. The molecule has 4 rings (SSSR count). The van der Waals surface area contributed by atoms with Gasteiger partial charge in [0.2, 0.25) is 5.91 Å². The van der Waals surface area contributed by atoms with E-state index in [1.807, 2.05) is 26.0 Å². The summed E-state index contributed by atoms with van der Waals surface area (Å²) in [5.41, 5.74) is 10.3. The van der Waals surface area contributed by atoms with Crippen LogP contribution in [-0.2, 0) is 22.6 Å². The van der Waals surface area contributed by atoms with Crippen LogP contribution in [0.5, 0.6) is 0 Å². The van der Waals surface area contributed by atoms with Crippen LogP contribution in [0.4, 0.5) is 27.6 Å². The van der Waals surface area contributed by atoms with Crippen LogP contribution >= 0.6 is 0 Å². The predicted molar refractivity (Wildman–Crippen MR) is 129 cm³/mol. The molecule has 1 aliphatic heterocycles. The van der Waals surface area contributed by atoms with Crippen molar-refractivity contribution in [3.63, 3.8) is 0 Å². The Morgan fingerprint density at radius 1 is 1.13 bits per heavy atom. The number of carbonyl (C=O) groups is 2. The number of pyridine rings is 1. The van der Waals surface area contributed by atoms with Gasteiger partial charge in [-0.05, 0) is 55.2 Å². The van der Waals surface area contributed by atoms with Crippen molar-refractivity contribution >= 4 is 17.6 Å². The fourth-order valence-corrected chi connectivity index (χ4v) is 3.82. The Hall–Kier alpha value is -4.40. The van der Waals surface area contributed by atoms with Gasteiger partial charge in [0.05, 0.1) is 24.1 Å². The number of alkyl halides is 3. The molecule has 15 heteroatoms. The SMILES string of the molecule is Cc1cc(-n2cnn(CC(CN)=C(F)F)c2=O)cnc1-c1cc(C)c2c(c1)CCC(=O)N2.O=C(O)C(F)(F)F. The highest BCUT2D eigenvalue weighted by Gasteiger charge is 2.38. The van der Waals surface area contributed by atoms with E-state index < -0.39 is 23.9 Å². The van der Waals surface area contributed by atoms with Crippen LogP contribution in [0, 0.1) is 13.8 Å². The number of carbonyl (C=O) groups excluding carboxylic acids is 1. The maximum absolute atomic E-state index is 12.9. The number of rotatable bonds is 5. The zero-order chi connectivity index (χ0) is 29.1. The van der Waals surface area contributed by atoms with E-state index in [1.165, 1.54) is 10.9 Å². The third-order valence-corrected chi connectivity index (χ3v) is 5.75. The number of fused-ring (bicyclic) bond motifs is 1. The number of amides is 1. The van der Waals surface area contributed by atoms with Crippen molar-refractivity contribution in [2.75, 3.05) is 11.9 Å². The van der Waals surface area contributed by atoms with Crippen molar-refractivity contribution in [3.05, 3.63) is 69.6 Å². The van der Waals surface area contributed by atoms with Crippen molar-refractivity contribution < 1.29 is 36.6 Å². The molecule has 4 N–H and O–H groups in total. The van der Waals surface area contributed by atoms with E-state index in [0.717, 1.165) is 38.3 Å². The average molecular weight is 554 g/mol. The number of benzene rings is 1. The van der Waals surface area contributed by atoms with Gasteiger partial charge in [-0.25, -0.2) is 18.8 Å². The second kappa shape index (κ2) is 11.6. The summed E-state index contributed by atoms with van der Waals surface area (Å²) < 4.78 is 59.7. The molecule has 1 aromatic carbocycles. The van der Waals surface area contributed by atoms with Crippen molar-refractivity contribution in [2.45, 2.75) is 39.4 Å². The Morgan fingerprint density at radius 2 is 1.79 bits per heavy atom. The van der Waals surface area contributed by atoms with E-state index in [1.54, 1.807) is 12.3 Å². The Morgan fingerprint density at radius 3 is 2.36 bits per heavy atom. The van der Waals surface area contributed by atoms with Crippen LogP contribution in [-0.4, -0.2) is 49.0 Å². The monoisotopic (exact) mass is 554 g/mol. The zero-order valence-electron chi connectivity index (χ0n) is 20.6. The van der Waals surface area contributed by atoms with Crippen LogP contribution in [0.25, 0.3) is 16.9 Å². The highest BCUT2D eigenvalue weighted by molar-refractivity contribution is 5.95. The maximum atomic E-state index is 12.9. The number of nitrogens with one attached hydrogen (secondary N) is 1. The van der Waals surface area contributed by atoms with Crippen molar-refractivity contribution in [2.24, 2.45) is 5.73 Å². The topological polar surface area (TPSA) is 145 Å². The van der Waals surface area contributed by atoms with Gasteiger partial charge in [0.15, 0.2) is 0 Å². The highest BCUT2D eigenvalue weighted by Crippen LogP contribution is 2.32. The van der Waals surface area contributed by atoms with Crippen LogP contribution in [0.3, 0.4) is 0 Å². The number of carboxylic acid groups (broad SMARTS) is 1. The minimum atomic E-state index is -5.08. The molecular formula is C24H23F5N6O4. The predicted octanol–water partition coefficient (Wildman–Crippen LogP) is 3.34. The molecule has 10 nitrogen and oxygen atoms in total. The van der Waals surface area contributed by atoms with E-state index in [4.69, 9.17) is 15.6 Å². The lowest BCUT2D eigenvalue weighted by Gasteiger charge is -2.20. The average Bonchev–Trinajstić information content (AvgIpc) is 3.22. The molecule has 2 aromatic heterocycles. The number of halogens is 5.